The SMILES string of the molecule is Brc1ccc(Nc2ccnc(NCCc3ccccc3)n2)cc1. The van der Waals surface area contributed by atoms with Crippen LogP contribution in [0.15, 0.2) is 71.3 Å². The second-order valence-corrected chi connectivity index (χ2v) is 5.98. The van der Waals surface area contributed by atoms with Crippen LogP contribution in [-0.2, 0) is 6.42 Å². The summed E-state index contributed by atoms with van der Waals surface area (Å²) < 4.78 is 1.05. The summed E-state index contributed by atoms with van der Waals surface area (Å²) >= 11 is 3.43. The van der Waals surface area contributed by atoms with Gasteiger partial charge in [-0.2, -0.15) is 4.98 Å². The fourth-order valence-corrected chi connectivity index (χ4v) is 2.42. The zero-order chi connectivity index (χ0) is 15.9. The maximum absolute atomic E-state index is 4.48. The lowest BCUT2D eigenvalue weighted by Crippen LogP contribution is -2.08. The zero-order valence-corrected chi connectivity index (χ0v) is 14.1. The van der Waals surface area contributed by atoms with Crippen LogP contribution in [0.1, 0.15) is 5.56 Å². The maximum atomic E-state index is 4.48. The number of aromatic nitrogens is 2. The quantitative estimate of drug-likeness (QED) is 0.665. The summed E-state index contributed by atoms with van der Waals surface area (Å²) in [6.07, 6.45) is 2.69. The number of benzene rings is 2. The highest BCUT2D eigenvalue weighted by Gasteiger charge is 2.00. The Labute approximate surface area is 144 Å². The fourth-order valence-electron chi connectivity index (χ4n) is 2.16. The van der Waals surface area contributed by atoms with Crippen molar-refractivity contribution in [3.05, 3.63) is 76.9 Å². The molecule has 3 rings (SSSR count). The number of nitrogens with zero attached hydrogens (tertiary/aromatic N) is 2. The van der Waals surface area contributed by atoms with Crippen molar-refractivity contribution < 1.29 is 0 Å². The molecule has 0 bridgehead atoms. The zero-order valence-electron chi connectivity index (χ0n) is 12.5. The van der Waals surface area contributed by atoms with E-state index >= 15 is 0 Å². The van der Waals surface area contributed by atoms with Gasteiger partial charge >= 0.3 is 0 Å². The van der Waals surface area contributed by atoms with Crippen molar-refractivity contribution in [2.24, 2.45) is 0 Å². The Kier molecular flexibility index (Phi) is 5.21. The molecule has 0 atom stereocenters. The average molecular weight is 369 g/mol. The minimum Gasteiger partial charge on any atom is -0.354 e. The van der Waals surface area contributed by atoms with E-state index in [1.54, 1.807) is 6.20 Å². The van der Waals surface area contributed by atoms with Crippen LogP contribution in [0.2, 0.25) is 0 Å². The Morgan fingerprint density at radius 2 is 1.70 bits per heavy atom. The summed E-state index contributed by atoms with van der Waals surface area (Å²) in [7, 11) is 0. The van der Waals surface area contributed by atoms with E-state index in [-0.39, 0.29) is 0 Å². The van der Waals surface area contributed by atoms with Crippen LogP contribution in [0, 0.1) is 0 Å². The molecule has 3 aromatic rings. The standard InChI is InChI=1S/C18H17BrN4/c19-15-6-8-16(9-7-15)22-17-11-13-21-18(23-17)20-12-10-14-4-2-1-3-5-14/h1-9,11,13H,10,12H2,(H2,20,21,22,23). The Morgan fingerprint density at radius 3 is 2.48 bits per heavy atom. The van der Waals surface area contributed by atoms with Crippen molar-refractivity contribution in [3.8, 4) is 0 Å². The Bertz CT molecular complexity index is 744. The number of nitrogens with one attached hydrogen (secondary N) is 2. The van der Waals surface area contributed by atoms with Gasteiger partial charge < -0.3 is 10.6 Å². The van der Waals surface area contributed by atoms with Gasteiger partial charge in [0.2, 0.25) is 5.95 Å². The van der Waals surface area contributed by atoms with E-state index in [0.717, 1.165) is 28.9 Å². The first-order valence-corrected chi connectivity index (χ1v) is 8.22. The van der Waals surface area contributed by atoms with E-state index < -0.39 is 0 Å². The highest BCUT2D eigenvalue weighted by atomic mass is 79.9. The molecule has 1 aromatic heterocycles. The molecular formula is C18H17BrN4. The van der Waals surface area contributed by atoms with E-state index in [1.165, 1.54) is 5.56 Å². The molecule has 0 fully saturated rings. The third-order valence-electron chi connectivity index (χ3n) is 3.31. The lowest BCUT2D eigenvalue weighted by Gasteiger charge is -2.08. The van der Waals surface area contributed by atoms with Crippen LogP contribution in [0.3, 0.4) is 0 Å². The van der Waals surface area contributed by atoms with Crippen LogP contribution in [0.4, 0.5) is 17.5 Å². The largest absolute Gasteiger partial charge is 0.354 e. The number of hydrogen-bond donors (Lipinski definition) is 2. The first-order chi connectivity index (χ1) is 11.3. The van der Waals surface area contributed by atoms with Gasteiger partial charge in [-0.25, -0.2) is 4.98 Å². The molecule has 0 saturated carbocycles. The third kappa shape index (κ3) is 4.79. The predicted molar refractivity (Wildman–Crippen MR) is 98.1 cm³/mol. The number of anilines is 3. The van der Waals surface area contributed by atoms with E-state index in [4.69, 9.17) is 0 Å². The van der Waals surface area contributed by atoms with Crippen LogP contribution in [0.5, 0.6) is 0 Å². The summed E-state index contributed by atoms with van der Waals surface area (Å²) in [4.78, 5) is 8.73. The summed E-state index contributed by atoms with van der Waals surface area (Å²) in [6.45, 7) is 0.797. The minimum absolute atomic E-state index is 0.628. The van der Waals surface area contributed by atoms with E-state index in [2.05, 4.69) is 60.8 Å². The van der Waals surface area contributed by atoms with Crippen LogP contribution >= 0.6 is 15.9 Å². The molecule has 1 heterocycles. The number of hydrogen-bond acceptors (Lipinski definition) is 4. The van der Waals surface area contributed by atoms with Gasteiger partial charge in [0.05, 0.1) is 0 Å². The fraction of sp³-hybridized carbons (Fsp3) is 0.111. The van der Waals surface area contributed by atoms with Gasteiger partial charge in [0.15, 0.2) is 0 Å². The van der Waals surface area contributed by atoms with Crippen molar-refractivity contribution in [1.82, 2.24) is 9.97 Å². The lowest BCUT2D eigenvalue weighted by molar-refractivity contribution is 0.985. The molecule has 0 amide bonds. The average Bonchev–Trinajstić information content (AvgIpc) is 2.58. The predicted octanol–water partition coefficient (Wildman–Crippen LogP) is 4.64. The molecule has 0 aliphatic carbocycles. The molecule has 2 N–H and O–H groups in total. The normalized spacial score (nSPS) is 10.3. The van der Waals surface area contributed by atoms with Gasteiger partial charge in [-0.05, 0) is 42.3 Å². The van der Waals surface area contributed by atoms with E-state index in [1.807, 2.05) is 36.4 Å². The van der Waals surface area contributed by atoms with E-state index in [0.29, 0.717) is 5.95 Å². The van der Waals surface area contributed by atoms with Crippen molar-refractivity contribution in [3.63, 3.8) is 0 Å². The van der Waals surface area contributed by atoms with Crippen LogP contribution in [-0.4, -0.2) is 16.5 Å². The van der Waals surface area contributed by atoms with Crippen LogP contribution in [0.25, 0.3) is 0 Å². The van der Waals surface area contributed by atoms with Gasteiger partial charge in [0, 0.05) is 22.9 Å². The summed E-state index contributed by atoms with van der Waals surface area (Å²) in [5.74, 6) is 1.40. The maximum Gasteiger partial charge on any atom is 0.224 e. The highest BCUT2D eigenvalue weighted by molar-refractivity contribution is 9.10. The molecule has 0 spiro atoms. The lowest BCUT2D eigenvalue weighted by atomic mass is 10.1. The highest BCUT2D eigenvalue weighted by Crippen LogP contribution is 2.18. The second-order valence-electron chi connectivity index (χ2n) is 5.06. The monoisotopic (exact) mass is 368 g/mol. The molecule has 116 valence electrons. The van der Waals surface area contributed by atoms with Crippen molar-refractivity contribution in [2.75, 3.05) is 17.2 Å². The molecule has 5 heteroatoms. The van der Waals surface area contributed by atoms with Crippen molar-refractivity contribution in [2.45, 2.75) is 6.42 Å². The van der Waals surface area contributed by atoms with E-state index in [9.17, 15) is 0 Å². The number of rotatable bonds is 6. The Hall–Kier alpha value is -2.40. The molecule has 0 aliphatic heterocycles. The second kappa shape index (κ2) is 7.74. The molecule has 0 saturated heterocycles. The first-order valence-electron chi connectivity index (χ1n) is 7.43. The molecule has 2 aromatic carbocycles. The summed E-state index contributed by atoms with van der Waals surface area (Å²) in [6, 6.07) is 20.2. The van der Waals surface area contributed by atoms with Crippen molar-refractivity contribution >= 4 is 33.4 Å². The Balaban J connectivity index is 1.57. The van der Waals surface area contributed by atoms with Gasteiger partial charge in [0.25, 0.3) is 0 Å². The molecule has 4 nitrogen and oxygen atoms in total. The molecular weight excluding hydrogens is 352 g/mol. The topological polar surface area (TPSA) is 49.8 Å². The minimum atomic E-state index is 0.628. The van der Waals surface area contributed by atoms with Gasteiger partial charge in [-0.1, -0.05) is 46.3 Å². The first kappa shape index (κ1) is 15.5. The molecule has 0 radical (unpaired) electrons. The molecule has 0 unspecified atom stereocenters. The third-order valence-corrected chi connectivity index (χ3v) is 3.84. The van der Waals surface area contributed by atoms with Gasteiger partial charge in [0.1, 0.15) is 5.82 Å². The van der Waals surface area contributed by atoms with Crippen LogP contribution < -0.4 is 10.6 Å². The molecule has 23 heavy (non-hydrogen) atoms. The Morgan fingerprint density at radius 1 is 0.913 bits per heavy atom. The van der Waals surface area contributed by atoms with Crippen molar-refractivity contribution in [1.29, 1.82) is 0 Å². The smallest absolute Gasteiger partial charge is 0.224 e. The number of halogens is 1. The van der Waals surface area contributed by atoms with Gasteiger partial charge in [-0.15, -0.1) is 0 Å². The molecule has 0 aliphatic rings. The van der Waals surface area contributed by atoms with Gasteiger partial charge in [-0.3, -0.25) is 0 Å². The summed E-state index contributed by atoms with van der Waals surface area (Å²) in [5.41, 5.74) is 2.28. The summed E-state index contributed by atoms with van der Waals surface area (Å²) in [5, 5.41) is 6.53.